The van der Waals surface area contributed by atoms with Crippen molar-refractivity contribution < 1.29 is 23.1 Å². The van der Waals surface area contributed by atoms with E-state index in [1.807, 2.05) is 24.3 Å². The summed E-state index contributed by atoms with van der Waals surface area (Å²) in [5.41, 5.74) is 4.64. The van der Waals surface area contributed by atoms with E-state index in [0.717, 1.165) is 11.1 Å². The van der Waals surface area contributed by atoms with Crippen LogP contribution < -0.4 is 5.32 Å². The lowest BCUT2D eigenvalue weighted by molar-refractivity contribution is 0.133. The fraction of sp³-hybridized carbons (Fsp3) is 0.350. The molecule has 0 bridgehead atoms. The molecule has 2 unspecified atom stereocenters. The standard InChI is InChI=1S/C20H22NO5P/c1-24-27(23)19(11-6-12-26-27)21-20(22)25-13-18-16-9-4-2-7-14(16)15-8-3-5-10-17(15)18/h2-5,7-10,18-19H,6,11-13H2,1H3,(H,21,22). The number of hydrogen-bond donors (Lipinski definition) is 1. The number of nitrogens with one attached hydrogen (secondary N) is 1. The lowest BCUT2D eigenvalue weighted by Crippen LogP contribution is -2.38. The lowest BCUT2D eigenvalue weighted by atomic mass is 9.98. The van der Waals surface area contributed by atoms with Gasteiger partial charge >= 0.3 is 13.7 Å². The highest BCUT2D eigenvalue weighted by atomic mass is 31.2. The van der Waals surface area contributed by atoms with E-state index in [1.165, 1.54) is 18.2 Å². The molecule has 1 saturated heterocycles. The predicted molar refractivity (Wildman–Crippen MR) is 102 cm³/mol. The van der Waals surface area contributed by atoms with Crippen LogP contribution in [-0.4, -0.2) is 32.2 Å². The zero-order valence-electron chi connectivity index (χ0n) is 15.1. The second kappa shape index (κ2) is 7.47. The van der Waals surface area contributed by atoms with E-state index >= 15 is 0 Å². The molecule has 1 amide bonds. The van der Waals surface area contributed by atoms with Gasteiger partial charge < -0.3 is 19.1 Å². The molecule has 1 aliphatic carbocycles. The number of carbonyl (C=O) groups is 1. The van der Waals surface area contributed by atoms with E-state index in [9.17, 15) is 9.36 Å². The Morgan fingerprint density at radius 2 is 1.78 bits per heavy atom. The van der Waals surface area contributed by atoms with Gasteiger partial charge in [-0.05, 0) is 35.1 Å². The molecule has 7 heteroatoms. The van der Waals surface area contributed by atoms with E-state index in [1.54, 1.807) is 0 Å². The minimum Gasteiger partial charge on any atom is -0.449 e. The molecule has 0 saturated carbocycles. The Hall–Kier alpha value is -2.14. The van der Waals surface area contributed by atoms with Crippen molar-refractivity contribution in [3.05, 3.63) is 59.7 Å². The van der Waals surface area contributed by atoms with Crippen LogP contribution in [0.3, 0.4) is 0 Å². The van der Waals surface area contributed by atoms with Gasteiger partial charge in [-0.2, -0.15) is 0 Å². The fourth-order valence-corrected chi connectivity index (χ4v) is 5.51. The first-order chi connectivity index (χ1) is 13.1. The summed E-state index contributed by atoms with van der Waals surface area (Å²) in [7, 11) is -1.99. The third-order valence-corrected chi connectivity index (χ3v) is 7.36. The van der Waals surface area contributed by atoms with Crippen LogP contribution in [0.5, 0.6) is 0 Å². The molecule has 4 rings (SSSR count). The maximum Gasteiger partial charge on any atom is 0.407 e. The summed E-state index contributed by atoms with van der Waals surface area (Å²) in [4.78, 5) is 12.3. The fourth-order valence-electron chi connectivity index (χ4n) is 3.82. The Labute approximate surface area is 158 Å². The van der Waals surface area contributed by atoms with Gasteiger partial charge in [-0.15, -0.1) is 0 Å². The predicted octanol–water partition coefficient (Wildman–Crippen LogP) is 4.50. The molecule has 0 aromatic heterocycles. The Morgan fingerprint density at radius 3 is 2.41 bits per heavy atom. The van der Waals surface area contributed by atoms with Crippen LogP contribution in [0, 0.1) is 0 Å². The SMILES string of the molecule is COP1(=O)OCCCC1NC(=O)OCC1c2ccccc2-c2ccccc21. The van der Waals surface area contributed by atoms with Gasteiger partial charge in [-0.25, -0.2) is 4.79 Å². The number of alkyl carbamates (subject to hydrolysis) is 1. The highest BCUT2D eigenvalue weighted by molar-refractivity contribution is 7.54. The quantitative estimate of drug-likeness (QED) is 0.782. The smallest absolute Gasteiger partial charge is 0.407 e. The van der Waals surface area contributed by atoms with Crippen molar-refractivity contribution in [2.45, 2.75) is 24.5 Å². The van der Waals surface area contributed by atoms with Crippen molar-refractivity contribution in [1.82, 2.24) is 5.32 Å². The van der Waals surface area contributed by atoms with Crippen LogP contribution in [-0.2, 0) is 18.3 Å². The summed E-state index contributed by atoms with van der Waals surface area (Å²) < 4.78 is 28.3. The Balaban J connectivity index is 1.46. The van der Waals surface area contributed by atoms with Crippen molar-refractivity contribution in [3.63, 3.8) is 0 Å². The molecular formula is C20H22NO5P. The third-order valence-electron chi connectivity index (χ3n) is 5.16. The van der Waals surface area contributed by atoms with Crippen LogP contribution in [0.1, 0.15) is 29.9 Å². The van der Waals surface area contributed by atoms with Crippen LogP contribution in [0.4, 0.5) is 4.79 Å². The molecule has 2 aromatic rings. The van der Waals surface area contributed by atoms with Gasteiger partial charge in [-0.3, -0.25) is 4.57 Å². The lowest BCUT2D eigenvalue weighted by Gasteiger charge is -2.30. The first kappa shape index (κ1) is 18.2. The monoisotopic (exact) mass is 387 g/mol. The van der Waals surface area contributed by atoms with Crippen LogP contribution in [0.15, 0.2) is 48.5 Å². The van der Waals surface area contributed by atoms with E-state index in [4.69, 9.17) is 13.8 Å². The van der Waals surface area contributed by atoms with E-state index < -0.39 is 19.5 Å². The average molecular weight is 387 g/mol. The van der Waals surface area contributed by atoms with Crippen molar-refractivity contribution in [1.29, 1.82) is 0 Å². The number of carbonyl (C=O) groups excluding carboxylic acids is 1. The second-order valence-electron chi connectivity index (χ2n) is 6.68. The van der Waals surface area contributed by atoms with Gasteiger partial charge in [-0.1, -0.05) is 48.5 Å². The molecule has 1 N–H and O–H groups in total. The summed E-state index contributed by atoms with van der Waals surface area (Å²) in [5, 5.41) is 2.66. The van der Waals surface area contributed by atoms with Crippen LogP contribution in [0.25, 0.3) is 11.1 Å². The first-order valence-corrected chi connectivity index (χ1v) is 10.6. The highest BCUT2D eigenvalue weighted by Gasteiger charge is 2.39. The molecular weight excluding hydrogens is 365 g/mol. The van der Waals surface area contributed by atoms with Crippen molar-refractivity contribution in [2.24, 2.45) is 0 Å². The van der Waals surface area contributed by atoms with Gasteiger partial charge in [0.15, 0.2) is 0 Å². The van der Waals surface area contributed by atoms with Crippen molar-refractivity contribution >= 4 is 13.7 Å². The number of ether oxygens (including phenoxy) is 1. The number of amides is 1. The van der Waals surface area contributed by atoms with Gasteiger partial charge in [0.2, 0.25) is 0 Å². The van der Waals surface area contributed by atoms with Gasteiger partial charge in [0.25, 0.3) is 0 Å². The minimum absolute atomic E-state index is 0.0139. The Kier molecular flexibility index (Phi) is 5.04. The Bertz CT molecular complexity index is 854. The average Bonchev–Trinajstić information content (AvgIpc) is 3.02. The van der Waals surface area contributed by atoms with Gasteiger partial charge in [0.05, 0.1) is 6.61 Å². The van der Waals surface area contributed by atoms with Crippen LogP contribution >= 0.6 is 7.60 Å². The number of rotatable bonds is 4. The largest absolute Gasteiger partial charge is 0.449 e. The first-order valence-electron chi connectivity index (χ1n) is 9.04. The van der Waals surface area contributed by atoms with Crippen LogP contribution in [0.2, 0.25) is 0 Å². The molecule has 0 radical (unpaired) electrons. The molecule has 27 heavy (non-hydrogen) atoms. The van der Waals surface area contributed by atoms with Gasteiger partial charge in [0, 0.05) is 13.0 Å². The summed E-state index contributed by atoms with van der Waals surface area (Å²) in [6, 6.07) is 16.3. The number of benzene rings is 2. The molecule has 1 fully saturated rings. The molecule has 1 heterocycles. The zero-order chi connectivity index (χ0) is 18.9. The molecule has 2 aromatic carbocycles. The molecule has 2 aliphatic rings. The third kappa shape index (κ3) is 3.41. The summed E-state index contributed by atoms with van der Waals surface area (Å²) in [6.45, 7) is 0.582. The minimum atomic E-state index is -3.33. The maximum absolute atomic E-state index is 12.5. The zero-order valence-corrected chi connectivity index (χ0v) is 16.0. The van der Waals surface area contributed by atoms with Crippen molar-refractivity contribution in [3.8, 4) is 11.1 Å². The number of hydrogen-bond acceptors (Lipinski definition) is 5. The molecule has 0 spiro atoms. The summed E-state index contributed by atoms with van der Waals surface area (Å²) >= 11 is 0. The summed E-state index contributed by atoms with van der Waals surface area (Å²) in [6.07, 6.45) is 0.640. The second-order valence-corrected chi connectivity index (χ2v) is 9.01. The van der Waals surface area contributed by atoms with Crippen molar-refractivity contribution in [2.75, 3.05) is 20.3 Å². The molecule has 1 aliphatic heterocycles. The molecule has 6 nitrogen and oxygen atoms in total. The Morgan fingerprint density at radius 1 is 1.15 bits per heavy atom. The highest BCUT2D eigenvalue weighted by Crippen LogP contribution is 2.55. The van der Waals surface area contributed by atoms with Gasteiger partial charge in [0.1, 0.15) is 12.4 Å². The molecule has 142 valence electrons. The van der Waals surface area contributed by atoms with E-state index in [0.29, 0.717) is 19.4 Å². The maximum atomic E-state index is 12.5. The number of fused-ring (bicyclic) bond motifs is 3. The molecule has 2 atom stereocenters. The van der Waals surface area contributed by atoms with E-state index in [-0.39, 0.29) is 12.5 Å². The summed E-state index contributed by atoms with van der Waals surface area (Å²) in [5.74, 6) is -0.688. The normalized spacial score (nSPS) is 24.1. The van der Waals surface area contributed by atoms with E-state index in [2.05, 4.69) is 29.6 Å². The topological polar surface area (TPSA) is 73.9 Å².